The number of aromatic nitrogens is 2. The summed E-state index contributed by atoms with van der Waals surface area (Å²) in [6.45, 7) is 0.242. The molecular formula is C17H17N3O2S. The molecule has 0 aliphatic carbocycles. The molecule has 0 bridgehead atoms. The van der Waals surface area contributed by atoms with Crippen molar-refractivity contribution in [1.82, 2.24) is 14.5 Å². The molecule has 2 aromatic carbocycles. The lowest BCUT2D eigenvalue weighted by molar-refractivity contribution is 0.581. The van der Waals surface area contributed by atoms with E-state index < -0.39 is 10.0 Å². The summed E-state index contributed by atoms with van der Waals surface area (Å²) in [7, 11) is -1.94. The van der Waals surface area contributed by atoms with E-state index in [1.807, 2.05) is 60.7 Å². The topological polar surface area (TPSA) is 64.0 Å². The first-order valence-corrected chi connectivity index (χ1v) is 8.67. The number of benzene rings is 2. The highest BCUT2D eigenvalue weighted by molar-refractivity contribution is 7.89. The number of aryl methyl sites for hydroxylation is 1. The first kappa shape index (κ1) is 15.5. The fourth-order valence-corrected chi connectivity index (χ4v) is 3.53. The molecule has 6 heteroatoms. The van der Waals surface area contributed by atoms with Crippen molar-refractivity contribution in [3.8, 4) is 11.3 Å². The molecule has 0 amide bonds. The Morgan fingerprint density at radius 1 is 1.00 bits per heavy atom. The van der Waals surface area contributed by atoms with E-state index in [-0.39, 0.29) is 11.4 Å². The Kier molecular flexibility index (Phi) is 4.27. The molecule has 5 nitrogen and oxygen atoms in total. The molecule has 118 valence electrons. The highest BCUT2D eigenvalue weighted by atomic mass is 32.2. The van der Waals surface area contributed by atoms with Crippen LogP contribution in [0.4, 0.5) is 0 Å². The Morgan fingerprint density at radius 2 is 1.61 bits per heavy atom. The van der Waals surface area contributed by atoms with Crippen LogP contribution in [0.1, 0.15) is 5.56 Å². The third kappa shape index (κ3) is 3.49. The van der Waals surface area contributed by atoms with Gasteiger partial charge in [-0.3, -0.25) is 4.68 Å². The SMILES string of the molecule is Cn1cc(S(=O)(=O)NCc2ccccc2)c(-c2ccccc2)n1. The number of nitrogens with zero attached hydrogens (tertiary/aromatic N) is 2. The van der Waals surface area contributed by atoms with Crippen molar-refractivity contribution >= 4 is 10.0 Å². The maximum atomic E-state index is 12.6. The summed E-state index contributed by atoms with van der Waals surface area (Å²) in [4.78, 5) is 0.183. The number of rotatable bonds is 5. The number of nitrogens with one attached hydrogen (secondary N) is 1. The fraction of sp³-hybridized carbons (Fsp3) is 0.118. The quantitative estimate of drug-likeness (QED) is 0.783. The van der Waals surface area contributed by atoms with E-state index in [1.165, 1.54) is 10.9 Å². The lowest BCUT2D eigenvalue weighted by atomic mass is 10.2. The van der Waals surface area contributed by atoms with E-state index in [2.05, 4.69) is 9.82 Å². The van der Waals surface area contributed by atoms with Gasteiger partial charge in [0, 0.05) is 25.4 Å². The molecule has 0 fully saturated rings. The van der Waals surface area contributed by atoms with E-state index in [4.69, 9.17) is 0 Å². The molecule has 0 saturated carbocycles. The van der Waals surface area contributed by atoms with Gasteiger partial charge in [0.15, 0.2) is 0 Å². The van der Waals surface area contributed by atoms with Gasteiger partial charge in [-0.05, 0) is 5.56 Å². The number of sulfonamides is 1. The molecule has 23 heavy (non-hydrogen) atoms. The second-order valence-corrected chi connectivity index (χ2v) is 6.93. The molecule has 3 aromatic rings. The first-order chi connectivity index (χ1) is 11.1. The highest BCUT2D eigenvalue weighted by Gasteiger charge is 2.22. The molecule has 0 saturated heterocycles. The summed E-state index contributed by atoms with van der Waals surface area (Å²) < 4.78 is 29.4. The van der Waals surface area contributed by atoms with E-state index in [1.54, 1.807) is 7.05 Å². The fourth-order valence-electron chi connectivity index (χ4n) is 2.31. The van der Waals surface area contributed by atoms with Gasteiger partial charge in [0.2, 0.25) is 10.0 Å². The predicted octanol–water partition coefficient (Wildman–Crippen LogP) is 2.57. The Hall–Kier alpha value is -2.44. The minimum absolute atomic E-state index is 0.183. The third-order valence-electron chi connectivity index (χ3n) is 3.44. The molecule has 1 heterocycles. The smallest absolute Gasteiger partial charge is 0.244 e. The number of hydrogen-bond donors (Lipinski definition) is 1. The molecule has 1 aromatic heterocycles. The van der Waals surface area contributed by atoms with Crippen molar-refractivity contribution in [2.75, 3.05) is 0 Å². The highest BCUT2D eigenvalue weighted by Crippen LogP contribution is 2.25. The third-order valence-corrected chi connectivity index (χ3v) is 4.84. The van der Waals surface area contributed by atoms with Crippen molar-refractivity contribution in [2.45, 2.75) is 11.4 Å². The molecule has 0 unspecified atom stereocenters. The Balaban J connectivity index is 1.91. The molecule has 0 aliphatic rings. The summed E-state index contributed by atoms with van der Waals surface area (Å²) in [6, 6.07) is 18.7. The van der Waals surface area contributed by atoms with Crippen LogP contribution in [-0.4, -0.2) is 18.2 Å². The Morgan fingerprint density at radius 3 is 2.26 bits per heavy atom. The number of hydrogen-bond acceptors (Lipinski definition) is 3. The summed E-state index contributed by atoms with van der Waals surface area (Å²) in [5, 5.41) is 4.30. The van der Waals surface area contributed by atoms with E-state index >= 15 is 0 Å². The zero-order chi connectivity index (χ0) is 16.3. The van der Waals surface area contributed by atoms with Crippen LogP contribution in [0.15, 0.2) is 71.8 Å². The maximum Gasteiger partial charge on any atom is 0.244 e. The van der Waals surface area contributed by atoms with Gasteiger partial charge in [-0.1, -0.05) is 60.7 Å². The van der Waals surface area contributed by atoms with E-state index in [9.17, 15) is 8.42 Å². The molecule has 0 spiro atoms. The van der Waals surface area contributed by atoms with Crippen LogP contribution in [0.3, 0.4) is 0 Å². The summed E-state index contributed by atoms with van der Waals surface area (Å²) in [5.41, 5.74) is 2.13. The van der Waals surface area contributed by atoms with Crippen molar-refractivity contribution in [3.63, 3.8) is 0 Å². The molecule has 0 atom stereocenters. The van der Waals surface area contributed by atoms with Gasteiger partial charge < -0.3 is 0 Å². The second kappa shape index (κ2) is 6.36. The molecule has 1 N–H and O–H groups in total. The molecule has 3 rings (SSSR count). The van der Waals surface area contributed by atoms with Gasteiger partial charge >= 0.3 is 0 Å². The van der Waals surface area contributed by atoms with Crippen LogP contribution in [0.25, 0.3) is 11.3 Å². The summed E-state index contributed by atoms with van der Waals surface area (Å²) in [6.07, 6.45) is 1.52. The zero-order valence-corrected chi connectivity index (χ0v) is 13.5. The van der Waals surface area contributed by atoms with Crippen LogP contribution in [0.5, 0.6) is 0 Å². The van der Waals surface area contributed by atoms with Crippen LogP contribution < -0.4 is 4.72 Å². The molecule has 0 aliphatic heterocycles. The zero-order valence-electron chi connectivity index (χ0n) is 12.7. The second-order valence-electron chi connectivity index (χ2n) is 5.19. The van der Waals surface area contributed by atoms with Crippen molar-refractivity contribution in [3.05, 3.63) is 72.4 Å². The average molecular weight is 327 g/mol. The maximum absolute atomic E-state index is 12.6. The minimum Gasteiger partial charge on any atom is -0.274 e. The van der Waals surface area contributed by atoms with Crippen LogP contribution >= 0.6 is 0 Å². The summed E-state index contributed by atoms with van der Waals surface area (Å²) >= 11 is 0. The van der Waals surface area contributed by atoms with Crippen molar-refractivity contribution < 1.29 is 8.42 Å². The van der Waals surface area contributed by atoms with Gasteiger partial charge in [-0.25, -0.2) is 13.1 Å². The summed E-state index contributed by atoms with van der Waals surface area (Å²) in [5.74, 6) is 0. The lowest BCUT2D eigenvalue weighted by Crippen LogP contribution is -2.23. The van der Waals surface area contributed by atoms with E-state index in [0.29, 0.717) is 5.69 Å². The van der Waals surface area contributed by atoms with Crippen molar-refractivity contribution in [1.29, 1.82) is 0 Å². The monoisotopic (exact) mass is 327 g/mol. The standard InChI is InChI=1S/C17H17N3O2S/c1-20-13-16(17(19-20)15-10-6-3-7-11-15)23(21,22)18-12-14-8-4-2-5-9-14/h2-11,13,18H,12H2,1H3. The van der Waals surface area contributed by atoms with Crippen molar-refractivity contribution in [2.24, 2.45) is 7.05 Å². The molecule has 0 radical (unpaired) electrons. The van der Waals surface area contributed by atoms with Crippen LogP contribution in [0.2, 0.25) is 0 Å². The first-order valence-electron chi connectivity index (χ1n) is 7.19. The predicted molar refractivity (Wildman–Crippen MR) is 89.1 cm³/mol. The normalized spacial score (nSPS) is 11.5. The van der Waals surface area contributed by atoms with Gasteiger partial charge in [0.1, 0.15) is 10.6 Å². The van der Waals surface area contributed by atoms with Gasteiger partial charge in [-0.2, -0.15) is 5.10 Å². The van der Waals surface area contributed by atoms with E-state index in [0.717, 1.165) is 11.1 Å². The van der Waals surface area contributed by atoms with Gasteiger partial charge in [-0.15, -0.1) is 0 Å². The largest absolute Gasteiger partial charge is 0.274 e. The van der Waals surface area contributed by atoms with Gasteiger partial charge in [0.25, 0.3) is 0 Å². The Bertz CT molecular complexity index is 888. The van der Waals surface area contributed by atoms with Crippen LogP contribution in [-0.2, 0) is 23.6 Å². The average Bonchev–Trinajstić information content (AvgIpc) is 2.98. The minimum atomic E-state index is -3.65. The lowest BCUT2D eigenvalue weighted by Gasteiger charge is -2.07. The molecular weight excluding hydrogens is 310 g/mol. The Labute approximate surface area is 135 Å². The van der Waals surface area contributed by atoms with Crippen LogP contribution in [0, 0.1) is 0 Å². The van der Waals surface area contributed by atoms with Gasteiger partial charge in [0.05, 0.1) is 0 Å².